The SMILES string of the molecule is COC(=O)c1ccc(NC(C)=O)cc1OCC(C)=O. The number of rotatable bonds is 5. The lowest BCUT2D eigenvalue weighted by atomic mass is 10.2. The molecule has 1 aromatic carbocycles. The molecular weight excluding hydrogens is 250 g/mol. The summed E-state index contributed by atoms with van der Waals surface area (Å²) in [6.07, 6.45) is 0. The van der Waals surface area contributed by atoms with Gasteiger partial charge in [-0.25, -0.2) is 4.79 Å². The molecule has 102 valence electrons. The lowest BCUT2D eigenvalue weighted by molar-refractivity contribution is -0.119. The van der Waals surface area contributed by atoms with Crippen molar-refractivity contribution in [2.75, 3.05) is 19.0 Å². The number of carbonyl (C=O) groups excluding carboxylic acids is 3. The summed E-state index contributed by atoms with van der Waals surface area (Å²) in [4.78, 5) is 33.4. The van der Waals surface area contributed by atoms with E-state index < -0.39 is 5.97 Å². The van der Waals surface area contributed by atoms with Crippen LogP contribution >= 0.6 is 0 Å². The van der Waals surface area contributed by atoms with Gasteiger partial charge < -0.3 is 14.8 Å². The van der Waals surface area contributed by atoms with Crippen LogP contribution in [0.5, 0.6) is 5.75 Å². The van der Waals surface area contributed by atoms with Crippen molar-refractivity contribution in [3.63, 3.8) is 0 Å². The van der Waals surface area contributed by atoms with Gasteiger partial charge in [-0.3, -0.25) is 9.59 Å². The molecular formula is C13H15NO5. The van der Waals surface area contributed by atoms with Crippen molar-refractivity contribution in [1.29, 1.82) is 0 Å². The van der Waals surface area contributed by atoms with E-state index in [1.807, 2.05) is 0 Å². The molecule has 0 fully saturated rings. The van der Waals surface area contributed by atoms with Crippen molar-refractivity contribution >= 4 is 23.3 Å². The number of amides is 1. The number of carbonyl (C=O) groups is 3. The Balaban J connectivity index is 3.06. The second kappa shape index (κ2) is 6.53. The summed E-state index contributed by atoms with van der Waals surface area (Å²) in [6, 6.07) is 4.48. The second-order valence-electron chi connectivity index (χ2n) is 3.87. The lowest BCUT2D eigenvalue weighted by Gasteiger charge is -2.11. The van der Waals surface area contributed by atoms with E-state index >= 15 is 0 Å². The third kappa shape index (κ3) is 4.42. The van der Waals surface area contributed by atoms with Crippen molar-refractivity contribution in [3.05, 3.63) is 23.8 Å². The van der Waals surface area contributed by atoms with E-state index in [0.717, 1.165) is 0 Å². The second-order valence-corrected chi connectivity index (χ2v) is 3.87. The molecule has 0 bridgehead atoms. The summed E-state index contributed by atoms with van der Waals surface area (Å²) in [5.41, 5.74) is 0.663. The molecule has 1 N–H and O–H groups in total. The van der Waals surface area contributed by atoms with E-state index in [0.29, 0.717) is 5.69 Å². The Hall–Kier alpha value is -2.37. The minimum absolute atomic E-state index is 0.159. The number of methoxy groups -OCH3 is 1. The molecule has 0 unspecified atom stereocenters. The van der Waals surface area contributed by atoms with Crippen molar-refractivity contribution < 1.29 is 23.9 Å². The summed E-state index contributed by atoms with van der Waals surface area (Å²) in [7, 11) is 1.25. The number of esters is 1. The first-order valence-electron chi connectivity index (χ1n) is 5.56. The Morgan fingerprint density at radius 2 is 1.89 bits per heavy atom. The maximum atomic E-state index is 11.5. The molecule has 0 spiro atoms. The average molecular weight is 265 g/mol. The molecule has 6 heteroatoms. The third-order valence-electron chi connectivity index (χ3n) is 2.14. The number of ether oxygens (including phenoxy) is 2. The number of Topliss-reactive ketones (excluding diaryl/α,β-unsaturated/α-hetero) is 1. The van der Waals surface area contributed by atoms with Crippen molar-refractivity contribution in [1.82, 2.24) is 0 Å². The van der Waals surface area contributed by atoms with Gasteiger partial charge in [0.2, 0.25) is 5.91 Å². The Kier molecular flexibility index (Phi) is 5.05. The fourth-order valence-electron chi connectivity index (χ4n) is 1.38. The van der Waals surface area contributed by atoms with Crippen LogP contribution in [0.15, 0.2) is 18.2 Å². The highest BCUT2D eigenvalue weighted by Crippen LogP contribution is 2.24. The van der Waals surface area contributed by atoms with Crippen LogP contribution in [-0.2, 0) is 14.3 Å². The molecule has 0 aliphatic heterocycles. The molecule has 0 heterocycles. The van der Waals surface area contributed by atoms with Gasteiger partial charge in [0.1, 0.15) is 17.9 Å². The highest BCUT2D eigenvalue weighted by Gasteiger charge is 2.14. The van der Waals surface area contributed by atoms with Crippen LogP contribution in [0, 0.1) is 0 Å². The van der Waals surface area contributed by atoms with E-state index in [9.17, 15) is 14.4 Å². The predicted octanol–water partition coefficient (Wildman–Crippen LogP) is 1.40. The molecule has 1 rings (SSSR count). The van der Waals surface area contributed by atoms with E-state index in [1.54, 1.807) is 6.07 Å². The molecule has 0 radical (unpaired) electrons. The van der Waals surface area contributed by atoms with Gasteiger partial charge in [0.05, 0.1) is 7.11 Å². The zero-order valence-electron chi connectivity index (χ0n) is 11.0. The number of ketones is 1. The van der Waals surface area contributed by atoms with Gasteiger partial charge in [0, 0.05) is 18.7 Å². The number of anilines is 1. The zero-order chi connectivity index (χ0) is 14.4. The Labute approximate surface area is 110 Å². The Morgan fingerprint density at radius 3 is 2.42 bits per heavy atom. The monoisotopic (exact) mass is 265 g/mol. The molecule has 19 heavy (non-hydrogen) atoms. The molecule has 0 saturated heterocycles. The number of benzene rings is 1. The van der Waals surface area contributed by atoms with E-state index in [2.05, 4.69) is 10.1 Å². The van der Waals surface area contributed by atoms with E-state index in [-0.39, 0.29) is 29.6 Å². The number of nitrogens with one attached hydrogen (secondary N) is 1. The minimum Gasteiger partial charge on any atom is -0.485 e. The molecule has 0 aliphatic rings. The van der Waals surface area contributed by atoms with Crippen molar-refractivity contribution in [2.24, 2.45) is 0 Å². The van der Waals surface area contributed by atoms with Crippen molar-refractivity contribution in [2.45, 2.75) is 13.8 Å². The molecule has 0 atom stereocenters. The van der Waals surface area contributed by atoms with Crippen LogP contribution < -0.4 is 10.1 Å². The molecule has 1 aromatic rings. The smallest absolute Gasteiger partial charge is 0.341 e. The first-order valence-corrected chi connectivity index (χ1v) is 5.56. The first-order chi connectivity index (χ1) is 8.93. The fraction of sp³-hybridized carbons (Fsp3) is 0.308. The van der Waals surface area contributed by atoms with Crippen LogP contribution in [0.1, 0.15) is 24.2 Å². The number of hydrogen-bond donors (Lipinski definition) is 1. The zero-order valence-corrected chi connectivity index (χ0v) is 11.0. The summed E-state index contributed by atoms with van der Waals surface area (Å²) >= 11 is 0. The minimum atomic E-state index is -0.576. The third-order valence-corrected chi connectivity index (χ3v) is 2.14. The summed E-state index contributed by atoms with van der Waals surface area (Å²) in [6.45, 7) is 2.58. The largest absolute Gasteiger partial charge is 0.485 e. The van der Waals surface area contributed by atoms with Gasteiger partial charge in [-0.15, -0.1) is 0 Å². The summed E-state index contributed by atoms with van der Waals surface area (Å²) in [5, 5.41) is 2.56. The van der Waals surface area contributed by atoms with Gasteiger partial charge in [-0.2, -0.15) is 0 Å². The summed E-state index contributed by atoms with van der Waals surface area (Å²) in [5.74, 6) is -0.815. The Morgan fingerprint density at radius 1 is 1.21 bits per heavy atom. The number of hydrogen-bond acceptors (Lipinski definition) is 5. The van der Waals surface area contributed by atoms with E-state index in [1.165, 1.54) is 33.1 Å². The molecule has 6 nitrogen and oxygen atoms in total. The molecule has 1 amide bonds. The quantitative estimate of drug-likeness (QED) is 0.814. The molecule has 0 aromatic heterocycles. The topological polar surface area (TPSA) is 81.7 Å². The maximum absolute atomic E-state index is 11.5. The fourth-order valence-corrected chi connectivity index (χ4v) is 1.38. The molecule has 0 aliphatic carbocycles. The highest BCUT2D eigenvalue weighted by atomic mass is 16.5. The average Bonchev–Trinajstić information content (AvgIpc) is 2.35. The maximum Gasteiger partial charge on any atom is 0.341 e. The predicted molar refractivity (Wildman–Crippen MR) is 68.3 cm³/mol. The van der Waals surface area contributed by atoms with Gasteiger partial charge in [0.25, 0.3) is 0 Å². The van der Waals surface area contributed by atoms with Gasteiger partial charge in [-0.05, 0) is 19.1 Å². The van der Waals surface area contributed by atoms with Gasteiger partial charge >= 0.3 is 5.97 Å². The van der Waals surface area contributed by atoms with E-state index in [4.69, 9.17) is 4.74 Å². The Bertz CT molecular complexity index is 510. The van der Waals surface area contributed by atoms with Crippen LogP contribution in [0.2, 0.25) is 0 Å². The van der Waals surface area contributed by atoms with Crippen LogP contribution in [0.4, 0.5) is 5.69 Å². The van der Waals surface area contributed by atoms with Crippen LogP contribution in [-0.4, -0.2) is 31.4 Å². The van der Waals surface area contributed by atoms with Crippen LogP contribution in [0.25, 0.3) is 0 Å². The van der Waals surface area contributed by atoms with Crippen molar-refractivity contribution in [3.8, 4) is 5.75 Å². The first kappa shape index (κ1) is 14.7. The van der Waals surface area contributed by atoms with Gasteiger partial charge in [-0.1, -0.05) is 0 Å². The van der Waals surface area contributed by atoms with Crippen LogP contribution in [0.3, 0.4) is 0 Å². The highest BCUT2D eigenvalue weighted by molar-refractivity contribution is 5.95. The summed E-state index contributed by atoms with van der Waals surface area (Å²) < 4.78 is 9.86. The molecule has 0 saturated carbocycles. The normalized spacial score (nSPS) is 9.63. The lowest BCUT2D eigenvalue weighted by Crippen LogP contribution is -2.12. The standard InChI is InChI=1S/C13H15NO5/c1-8(15)7-19-12-6-10(14-9(2)16)4-5-11(12)13(17)18-3/h4-6H,7H2,1-3H3,(H,14,16). The van der Waals surface area contributed by atoms with Gasteiger partial charge in [0.15, 0.2) is 5.78 Å².